The smallest absolute Gasteiger partial charge is 0.242 e. The average Bonchev–Trinajstić information content (AvgIpc) is 2.77. The Bertz CT molecular complexity index is 1030. The van der Waals surface area contributed by atoms with Crippen LogP contribution in [-0.2, 0) is 26.2 Å². The number of anilines is 1. The van der Waals surface area contributed by atoms with E-state index >= 15 is 0 Å². The van der Waals surface area contributed by atoms with Crippen molar-refractivity contribution in [2.45, 2.75) is 45.7 Å². The van der Waals surface area contributed by atoms with Crippen LogP contribution < -0.4 is 9.62 Å². The van der Waals surface area contributed by atoms with E-state index in [0.29, 0.717) is 18.7 Å². The Morgan fingerprint density at radius 3 is 2.39 bits per heavy atom. The van der Waals surface area contributed by atoms with E-state index in [2.05, 4.69) is 21.2 Å². The molecule has 0 saturated carbocycles. The van der Waals surface area contributed by atoms with Crippen LogP contribution in [0.25, 0.3) is 0 Å². The molecular formula is C24H32BrN3O4S. The van der Waals surface area contributed by atoms with Crippen LogP contribution in [0.4, 0.5) is 5.69 Å². The lowest BCUT2D eigenvalue weighted by Gasteiger charge is -2.29. The van der Waals surface area contributed by atoms with Gasteiger partial charge in [-0.15, -0.1) is 0 Å². The van der Waals surface area contributed by atoms with E-state index in [9.17, 15) is 18.0 Å². The van der Waals surface area contributed by atoms with Gasteiger partial charge in [-0.25, -0.2) is 8.42 Å². The molecule has 1 atom stereocenters. The topological polar surface area (TPSA) is 86.8 Å². The molecule has 0 radical (unpaired) electrons. The van der Waals surface area contributed by atoms with E-state index in [4.69, 9.17) is 0 Å². The van der Waals surface area contributed by atoms with Crippen LogP contribution in [0.1, 0.15) is 38.7 Å². The molecule has 7 nitrogen and oxygen atoms in total. The Balaban J connectivity index is 2.13. The summed E-state index contributed by atoms with van der Waals surface area (Å²) in [4.78, 5) is 27.3. The number of halogens is 1. The molecule has 1 N–H and O–H groups in total. The van der Waals surface area contributed by atoms with Gasteiger partial charge in [0.15, 0.2) is 0 Å². The number of rotatable bonds is 12. The highest BCUT2D eigenvalue weighted by Gasteiger charge is 2.26. The maximum Gasteiger partial charge on any atom is 0.242 e. The number of benzene rings is 2. The third-order valence-electron chi connectivity index (χ3n) is 5.15. The molecule has 2 rings (SSSR count). The van der Waals surface area contributed by atoms with E-state index in [-0.39, 0.29) is 31.3 Å². The molecule has 2 aromatic carbocycles. The van der Waals surface area contributed by atoms with Crippen molar-refractivity contribution in [2.75, 3.05) is 23.7 Å². The molecule has 33 heavy (non-hydrogen) atoms. The predicted molar refractivity (Wildman–Crippen MR) is 135 cm³/mol. The summed E-state index contributed by atoms with van der Waals surface area (Å²) in [5, 5.41) is 2.85. The number of nitrogens with zero attached hydrogens (tertiary/aromatic N) is 2. The van der Waals surface area contributed by atoms with Crippen LogP contribution >= 0.6 is 15.9 Å². The fraction of sp³-hybridized carbons (Fsp3) is 0.417. The molecule has 0 aliphatic carbocycles. The molecule has 0 aromatic heterocycles. The van der Waals surface area contributed by atoms with Crippen molar-refractivity contribution in [1.29, 1.82) is 0 Å². The number of carbonyl (C=O) groups excluding carboxylic acids is 2. The quantitative estimate of drug-likeness (QED) is 0.444. The summed E-state index contributed by atoms with van der Waals surface area (Å²) >= 11 is 3.44. The Labute approximate surface area is 205 Å². The second-order valence-corrected chi connectivity index (χ2v) is 10.7. The Hall–Kier alpha value is -2.39. The molecule has 0 unspecified atom stereocenters. The van der Waals surface area contributed by atoms with Gasteiger partial charge in [-0.2, -0.15) is 0 Å². The van der Waals surface area contributed by atoms with Gasteiger partial charge in [-0.1, -0.05) is 53.2 Å². The minimum atomic E-state index is -3.49. The fourth-order valence-corrected chi connectivity index (χ4v) is 4.82. The largest absolute Gasteiger partial charge is 0.354 e. The Morgan fingerprint density at radius 1 is 1.09 bits per heavy atom. The van der Waals surface area contributed by atoms with Gasteiger partial charge >= 0.3 is 0 Å². The minimum Gasteiger partial charge on any atom is -0.354 e. The van der Waals surface area contributed by atoms with Gasteiger partial charge in [0.25, 0.3) is 0 Å². The van der Waals surface area contributed by atoms with Gasteiger partial charge in [0.05, 0.1) is 11.9 Å². The fourth-order valence-electron chi connectivity index (χ4n) is 3.41. The van der Waals surface area contributed by atoms with Crippen LogP contribution in [0.3, 0.4) is 0 Å². The number of nitrogens with one attached hydrogen (secondary N) is 1. The first-order valence-electron chi connectivity index (χ1n) is 11.0. The molecule has 0 spiro atoms. The van der Waals surface area contributed by atoms with Crippen molar-refractivity contribution in [2.24, 2.45) is 0 Å². The number of amides is 2. The lowest BCUT2D eigenvalue weighted by molar-refractivity contribution is -0.140. The van der Waals surface area contributed by atoms with E-state index in [1.165, 1.54) is 4.31 Å². The highest BCUT2D eigenvalue weighted by atomic mass is 79.9. The molecule has 0 bridgehead atoms. The zero-order chi connectivity index (χ0) is 24.4. The molecule has 2 amide bonds. The molecule has 0 aliphatic heterocycles. The van der Waals surface area contributed by atoms with Crippen molar-refractivity contribution < 1.29 is 18.0 Å². The summed E-state index contributed by atoms with van der Waals surface area (Å²) in [7, 11) is -3.49. The van der Waals surface area contributed by atoms with Crippen molar-refractivity contribution in [3.05, 3.63) is 64.6 Å². The van der Waals surface area contributed by atoms with Gasteiger partial charge < -0.3 is 10.2 Å². The molecule has 0 heterocycles. The van der Waals surface area contributed by atoms with Crippen molar-refractivity contribution in [3.8, 4) is 0 Å². The monoisotopic (exact) mass is 537 g/mol. The van der Waals surface area contributed by atoms with Gasteiger partial charge in [-0.05, 0) is 49.6 Å². The molecule has 9 heteroatoms. The lowest BCUT2D eigenvalue weighted by atomic mass is 10.1. The molecule has 0 saturated heterocycles. The summed E-state index contributed by atoms with van der Waals surface area (Å²) in [5.74, 6) is -0.405. The average molecular weight is 539 g/mol. The zero-order valence-electron chi connectivity index (χ0n) is 19.3. The Kier molecular flexibility index (Phi) is 10.4. The molecule has 180 valence electrons. The molecule has 2 aromatic rings. The van der Waals surface area contributed by atoms with E-state index in [1.54, 1.807) is 36.1 Å². The highest BCUT2D eigenvalue weighted by Crippen LogP contribution is 2.19. The summed E-state index contributed by atoms with van der Waals surface area (Å²) in [5.41, 5.74) is 1.46. The zero-order valence-corrected chi connectivity index (χ0v) is 21.7. The van der Waals surface area contributed by atoms with Crippen molar-refractivity contribution in [1.82, 2.24) is 10.2 Å². The highest BCUT2D eigenvalue weighted by molar-refractivity contribution is 9.10. The number of para-hydroxylation sites is 1. The molecule has 0 aliphatic rings. The van der Waals surface area contributed by atoms with E-state index in [1.807, 2.05) is 37.3 Å². The summed E-state index contributed by atoms with van der Waals surface area (Å²) in [6.07, 6.45) is 2.41. The van der Waals surface area contributed by atoms with Crippen LogP contribution in [0, 0.1) is 0 Å². The van der Waals surface area contributed by atoms with Gasteiger partial charge in [0.2, 0.25) is 21.8 Å². The summed E-state index contributed by atoms with van der Waals surface area (Å²) in [6.45, 7) is 4.69. The maximum atomic E-state index is 13.2. The molecule has 0 fully saturated rings. The third kappa shape index (κ3) is 8.47. The van der Waals surface area contributed by atoms with Gasteiger partial charge in [0, 0.05) is 30.5 Å². The van der Waals surface area contributed by atoms with Crippen LogP contribution in [-0.4, -0.2) is 50.5 Å². The van der Waals surface area contributed by atoms with Gasteiger partial charge in [0.1, 0.15) is 6.04 Å². The van der Waals surface area contributed by atoms with E-state index < -0.39 is 16.1 Å². The van der Waals surface area contributed by atoms with Crippen LogP contribution in [0.2, 0.25) is 0 Å². The SMILES string of the molecule is CCCNC(=O)[C@H](C)N(Cc1cccc(Br)c1)C(=O)CCCN(c1ccccc1)S(C)(=O)=O. The lowest BCUT2D eigenvalue weighted by Crippen LogP contribution is -2.47. The van der Waals surface area contributed by atoms with E-state index in [0.717, 1.165) is 22.7 Å². The number of carbonyl (C=O) groups is 2. The first-order chi connectivity index (χ1) is 15.6. The standard InChI is InChI=1S/C24H32BrN3O4S/c1-4-15-26-24(30)19(2)27(18-20-10-8-11-21(25)17-20)23(29)14-9-16-28(33(3,31)32)22-12-6-5-7-13-22/h5-8,10-13,17,19H,4,9,14-16,18H2,1-3H3,(H,26,30)/t19-/m0/s1. The molecular weight excluding hydrogens is 506 g/mol. The Morgan fingerprint density at radius 2 is 1.79 bits per heavy atom. The third-order valence-corrected chi connectivity index (χ3v) is 6.84. The first-order valence-corrected chi connectivity index (χ1v) is 13.6. The normalized spacial score (nSPS) is 12.1. The van der Waals surface area contributed by atoms with Crippen molar-refractivity contribution >= 4 is 43.5 Å². The second kappa shape index (κ2) is 12.7. The summed E-state index contributed by atoms with van der Waals surface area (Å²) < 4.78 is 26.8. The minimum absolute atomic E-state index is 0.123. The number of sulfonamides is 1. The second-order valence-electron chi connectivity index (χ2n) is 7.89. The van der Waals surface area contributed by atoms with Crippen molar-refractivity contribution in [3.63, 3.8) is 0 Å². The maximum absolute atomic E-state index is 13.2. The predicted octanol–water partition coefficient (Wildman–Crippen LogP) is 3.94. The number of hydrogen-bond acceptors (Lipinski definition) is 4. The first kappa shape index (κ1) is 26.9. The van der Waals surface area contributed by atoms with Crippen LogP contribution in [0.5, 0.6) is 0 Å². The summed E-state index contributed by atoms with van der Waals surface area (Å²) in [6, 6.07) is 15.8. The van der Waals surface area contributed by atoms with Crippen LogP contribution in [0.15, 0.2) is 59.1 Å². The number of hydrogen-bond donors (Lipinski definition) is 1. The van der Waals surface area contributed by atoms with Gasteiger partial charge in [-0.3, -0.25) is 13.9 Å².